The van der Waals surface area contributed by atoms with Crippen LogP contribution in [0.3, 0.4) is 0 Å². The lowest BCUT2D eigenvalue weighted by Crippen LogP contribution is -2.31. The normalized spacial score (nSPS) is 18.6. The highest BCUT2D eigenvalue weighted by molar-refractivity contribution is 6.32. The highest BCUT2D eigenvalue weighted by Gasteiger charge is 2.47. The van der Waals surface area contributed by atoms with Crippen molar-refractivity contribution in [2.45, 2.75) is 31.2 Å². The molecular weight excluding hydrogens is 246 g/mol. The minimum Gasteiger partial charge on any atom is -0.327 e. The maximum absolute atomic E-state index is 6.36. The van der Waals surface area contributed by atoms with Crippen LogP contribution in [0.5, 0.6) is 0 Å². The molecule has 0 saturated heterocycles. The van der Waals surface area contributed by atoms with Crippen LogP contribution in [0, 0.1) is 0 Å². The molecule has 2 N–H and O–H groups in total. The van der Waals surface area contributed by atoms with Gasteiger partial charge in [-0.1, -0.05) is 17.7 Å². The summed E-state index contributed by atoms with van der Waals surface area (Å²) in [6.45, 7) is 2.07. The van der Waals surface area contributed by atoms with E-state index in [1.807, 2.05) is 24.4 Å². The Morgan fingerprint density at radius 3 is 2.72 bits per heavy atom. The standard InChI is InChI=1S/C14H16ClN3/c1-10(16)14(5-6-14)11-3-4-13(12(15)9-11)18-8-2-7-17-18/h2-4,7-10H,5-6,16H2,1H3. The second-order valence-corrected chi connectivity index (χ2v) is 5.47. The van der Waals surface area contributed by atoms with Gasteiger partial charge in [0.05, 0.1) is 10.7 Å². The summed E-state index contributed by atoms with van der Waals surface area (Å²) in [4.78, 5) is 0. The largest absolute Gasteiger partial charge is 0.327 e. The monoisotopic (exact) mass is 261 g/mol. The molecule has 18 heavy (non-hydrogen) atoms. The van der Waals surface area contributed by atoms with E-state index < -0.39 is 0 Å². The van der Waals surface area contributed by atoms with Gasteiger partial charge in [-0.3, -0.25) is 0 Å². The lowest BCUT2D eigenvalue weighted by Gasteiger charge is -2.21. The van der Waals surface area contributed by atoms with Crippen molar-refractivity contribution in [1.29, 1.82) is 0 Å². The molecule has 3 nitrogen and oxygen atoms in total. The second kappa shape index (κ2) is 4.11. The first kappa shape index (κ1) is 11.8. The molecule has 4 heteroatoms. The van der Waals surface area contributed by atoms with E-state index in [1.165, 1.54) is 5.56 Å². The fourth-order valence-electron chi connectivity index (χ4n) is 2.56. The number of hydrogen-bond donors (Lipinski definition) is 1. The van der Waals surface area contributed by atoms with E-state index in [0.717, 1.165) is 23.6 Å². The maximum Gasteiger partial charge on any atom is 0.0831 e. The van der Waals surface area contributed by atoms with E-state index in [-0.39, 0.29) is 11.5 Å². The molecule has 0 bridgehead atoms. The molecule has 0 amide bonds. The molecule has 1 aliphatic carbocycles. The van der Waals surface area contributed by atoms with Crippen LogP contribution in [-0.2, 0) is 5.41 Å². The van der Waals surface area contributed by atoms with E-state index in [4.69, 9.17) is 17.3 Å². The summed E-state index contributed by atoms with van der Waals surface area (Å²) < 4.78 is 1.78. The number of hydrogen-bond acceptors (Lipinski definition) is 2. The summed E-state index contributed by atoms with van der Waals surface area (Å²) >= 11 is 6.36. The molecule has 94 valence electrons. The molecule has 1 heterocycles. The molecule has 1 aliphatic rings. The summed E-state index contributed by atoms with van der Waals surface area (Å²) in [6.07, 6.45) is 5.94. The van der Waals surface area contributed by atoms with Crippen LogP contribution in [0.1, 0.15) is 25.3 Å². The van der Waals surface area contributed by atoms with Gasteiger partial charge in [-0.2, -0.15) is 5.10 Å². The van der Waals surface area contributed by atoms with Crippen LogP contribution in [0.2, 0.25) is 5.02 Å². The molecule has 1 aromatic heterocycles. The van der Waals surface area contributed by atoms with Crippen molar-refractivity contribution in [3.8, 4) is 5.69 Å². The summed E-state index contributed by atoms with van der Waals surface area (Å²) in [5.41, 5.74) is 8.39. The van der Waals surface area contributed by atoms with E-state index in [2.05, 4.69) is 18.1 Å². The van der Waals surface area contributed by atoms with Gasteiger partial charge in [0.15, 0.2) is 0 Å². The third kappa shape index (κ3) is 1.74. The Kier molecular flexibility index (Phi) is 2.68. The second-order valence-electron chi connectivity index (χ2n) is 5.06. The molecule has 3 rings (SSSR count). The Bertz CT molecular complexity index is 556. The molecule has 0 aliphatic heterocycles. The zero-order valence-corrected chi connectivity index (χ0v) is 11.1. The third-order valence-electron chi connectivity index (χ3n) is 3.93. The molecule has 1 unspecified atom stereocenters. The predicted octanol–water partition coefficient (Wildman–Crippen LogP) is 2.90. The third-order valence-corrected chi connectivity index (χ3v) is 4.24. The highest BCUT2D eigenvalue weighted by atomic mass is 35.5. The van der Waals surface area contributed by atoms with Gasteiger partial charge in [0.25, 0.3) is 0 Å². The van der Waals surface area contributed by atoms with Gasteiger partial charge < -0.3 is 5.73 Å². The first-order valence-electron chi connectivity index (χ1n) is 6.19. The zero-order chi connectivity index (χ0) is 12.8. The Morgan fingerprint density at radius 1 is 1.44 bits per heavy atom. The van der Waals surface area contributed by atoms with Crippen molar-refractivity contribution in [3.05, 3.63) is 47.2 Å². The smallest absolute Gasteiger partial charge is 0.0831 e. The quantitative estimate of drug-likeness (QED) is 0.923. The number of nitrogens with two attached hydrogens (primary N) is 1. The Morgan fingerprint density at radius 2 is 2.22 bits per heavy atom. The van der Waals surface area contributed by atoms with E-state index in [0.29, 0.717) is 0 Å². The van der Waals surface area contributed by atoms with Crippen molar-refractivity contribution in [3.63, 3.8) is 0 Å². The SMILES string of the molecule is CC(N)C1(c2ccc(-n3cccn3)c(Cl)c2)CC1. The fourth-order valence-corrected chi connectivity index (χ4v) is 2.82. The van der Waals surface area contributed by atoms with Gasteiger partial charge in [0.2, 0.25) is 0 Å². The Hall–Kier alpha value is -1.32. The van der Waals surface area contributed by atoms with Crippen molar-refractivity contribution in [2.75, 3.05) is 0 Å². The van der Waals surface area contributed by atoms with Crippen molar-refractivity contribution >= 4 is 11.6 Å². The summed E-state index contributed by atoms with van der Waals surface area (Å²) in [5, 5.41) is 4.92. The van der Waals surface area contributed by atoms with Gasteiger partial charge in [0, 0.05) is 23.9 Å². The average molecular weight is 262 g/mol. The van der Waals surface area contributed by atoms with Gasteiger partial charge in [-0.05, 0) is 43.5 Å². The van der Waals surface area contributed by atoms with Crippen LogP contribution in [0.15, 0.2) is 36.7 Å². The van der Waals surface area contributed by atoms with E-state index in [1.54, 1.807) is 10.9 Å². The fraction of sp³-hybridized carbons (Fsp3) is 0.357. The van der Waals surface area contributed by atoms with Crippen LogP contribution in [0.25, 0.3) is 5.69 Å². The average Bonchev–Trinajstić information content (AvgIpc) is 2.99. The minimum atomic E-state index is 0.145. The summed E-state index contributed by atoms with van der Waals surface area (Å²) in [6, 6.07) is 8.24. The highest BCUT2D eigenvalue weighted by Crippen LogP contribution is 2.50. The molecule has 0 spiro atoms. The first-order chi connectivity index (χ1) is 8.63. The van der Waals surface area contributed by atoms with Gasteiger partial charge in [-0.15, -0.1) is 0 Å². The molecule has 1 atom stereocenters. The minimum absolute atomic E-state index is 0.145. The molecule has 1 saturated carbocycles. The molecule has 1 aromatic carbocycles. The van der Waals surface area contributed by atoms with Gasteiger partial charge in [-0.25, -0.2) is 4.68 Å². The van der Waals surface area contributed by atoms with Crippen LogP contribution in [-0.4, -0.2) is 15.8 Å². The van der Waals surface area contributed by atoms with Crippen LogP contribution >= 0.6 is 11.6 Å². The number of nitrogens with zero attached hydrogens (tertiary/aromatic N) is 2. The summed E-state index contributed by atoms with van der Waals surface area (Å²) in [7, 11) is 0. The van der Waals surface area contributed by atoms with Gasteiger partial charge >= 0.3 is 0 Å². The van der Waals surface area contributed by atoms with Crippen LogP contribution < -0.4 is 5.73 Å². The lowest BCUT2D eigenvalue weighted by atomic mass is 9.89. The number of rotatable bonds is 3. The lowest BCUT2D eigenvalue weighted by molar-refractivity contribution is 0.556. The summed E-state index contributed by atoms with van der Waals surface area (Å²) in [5.74, 6) is 0. The van der Waals surface area contributed by atoms with Crippen molar-refractivity contribution < 1.29 is 0 Å². The topological polar surface area (TPSA) is 43.8 Å². The van der Waals surface area contributed by atoms with Crippen molar-refractivity contribution in [2.24, 2.45) is 5.73 Å². The molecule has 1 fully saturated rings. The Balaban J connectivity index is 2.00. The van der Waals surface area contributed by atoms with Gasteiger partial charge in [0.1, 0.15) is 0 Å². The Labute approximate surface area is 112 Å². The van der Waals surface area contributed by atoms with Crippen molar-refractivity contribution in [1.82, 2.24) is 9.78 Å². The molecular formula is C14H16ClN3. The maximum atomic E-state index is 6.36. The number of benzene rings is 1. The predicted molar refractivity (Wildman–Crippen MR) is 73.1 cm³/mol. The first-order valence-corrected chi connectivity index (χ1v) is 6.57. The van der Waals surface area contributed by atoms with E-state index >= 15 is 0 Å². The number of halogens is 1. The molecule has 2 aromatic rings. The van der Waals surface area contributed by atoms with E-state index in [9.17, 15) is 0 Å². The molecule has 0 radical (unpaired) electrons. The zero-order valence-electron chi connectivity index (χ0n) is 10.3. The number of aromatic nitrogens is 2. The van der Waals surface area contributed by atoms with Crippen LogP contribution in [0.4, 0.5) is 0 Å².